The molecule has 1 aromatic heterocycles. The third kappa shape index (κ3) is 4.12. The molecule has 2 N–H and O–H groups in total. The van der Waals surface area contributed by atoms with E-state index >= 15 is 0 Å². The molecule has 10 heteroatoms. The van der Waals surface area contributed by atoms with E-state index in [0.29, 0.717) is 22.6 Å². The van der Waals surface area contributed by atoms with E-state index in [0.717, 1.165) is 0 Å². The molecule has 8 nitrogen and oxygen atoms in total. The Kier molecular flexibility index (Phi) is 5.59. The van der Waals surface area contributed by atoms with Gasteiger partial charge >= 0.3 is 0 Å². The van der Waals surface area contributed by atoms with Gasteiger partial charge in [-0.05, 0) is 36.4 Å². The lowest BCUT2D eigenvalue weighted by atomic mass is 10.1. The molecule has 0 atom stereocenters. The predicted molar refractivity (Wildman–Crippen MR) is 101 cm³/mol. The van der Waals surface area contributed by atoms with Gasteiger partial charge in [0.25, 0.3) is 10.0 Å². The number of sulfonamides is 1. The van der Waals surface area contributed by atoms with Crippen molar-refractivity contribution in [3.8, 4) is 22.8 Å². The van der Waals surface area contributed by atoms with E-state index < -0.39 is 10.0 Å². The molecule has 28 heavy (non-hydrogen) atoms. The SMILES string of the molecule is COc1ccc(S(=O)(=O)NN=Cc2cn[nH]c2-c2ccc(F)cc2)c(OC)c1. The van der Waals surface area contributed by atoms with Gasteiger partial charge in [-0.1, -0.05) is 0 Å². The van der Waals surface area contributed by atoms with E-state index in [1.807, 2.05) is 0 Å². The summed E-state index contributed by atoms with van der Waals surface area (Å²) in [6, 6.07) is 10.1. The molecule has 3 aromatic rings. The molecule has 0 aliphatic rings. The number of hydrogen-bond acceptors (Lipinski definition) is 6. The number of hydrogen-bond donors (Lipinski definition) is 2. The lowest BCUT2D eigenvalue weighted by molar-refractivity contribution is 0.386. The fourth-order valence-corrected chi connectivity index (χ4v) is 3.40. The van der Waals surface area contributed by atoms with Crippen molar-refractivity contribution >= 4 is 16.2 Å². The highest BCUT2D eigenvalue weighted by atomic mass is 32.2. The summed E-state index contributed by atoms with van der Waals surface area (Å²) < 4.78 is 48.3. The number of rotatable bonds is 7. The van der Waals surface area contributed by atoms with Crippen LogP contribution in [0.2, 0.25) is 0 Å². The Morgan fingerprint density at radius 2 is 1.89 bits per heavy atom. The van der Waals surface area contributed by atoms with Crippen LogP contribution in [-0.2, 0) is 10.0 Å². The predicted octanol–water partition coefficient (Wildman–Crippen LogP) is 2.55. The first-order valence-corrected chi connectivity index (χ1v) is 9.49. The van der Waals surface area contributed by atoms with Crippen LogP contribution in [-0.4, -0.2) is 39.0 Å². The maximum absolute atomic E-state index is 13.1. The Labute approximate surface area is 161 Å². The van der Waals surface area contributed by atoms with Crippen LogP contribution in [0.5, 0.6) is 11.5 Å². The van der Waals surface area contributed by atoms with E-state index in [-0.39, 0.29) is 16.5 Å². The molecule has 146 valence electrons. The molecule has 0 aliphatic carbocycles. The quantitative estimate of drug-likeness (QED) is 0.465. The highest BCUT2D eigenvalue weighted by Crippen LogP contribution is 2.28. The molecule has 0 amide bonds. The zero-order valence-corrected chi connectivity index (χ0v) is 15.8. The lowest BCUT2D eigenvalue weighted by Crippen LogP contribution is -2.19. The van der Waals surface area contributed by atoms with Gasteiger partial charge in [0.1, 0.15) is 22.2 Å². The second kappa shape index (κ2) is 8.09. The number of nitrogens with zero attached hydrogens (tertiary/aromatic N) is 2. The molecule has 0 unspecified atom stereocenters. The van der Waals surface area contributed by atoms with Crippen LogP contribution in [0.15, 0.2) is 58.7 Å². The Bertz CT molecular complexity index is 1100. The Hall–Kier alpha value is -3.40. The van der Waals surface area contributed by atoms with Crippen molar-refractivity contribution in [1.82, 2.24) is 15.0 Å². The van der Waals surface area contributed by atoms with Crippen LogP contribution in [0.25, 0.3) is 11.3 Å². The summed E-state index contributed by atoms with van der Waals surface area (Å²) in [7, 11) is -1.15. The molecule has 0 aliphatic heterocycles. The van der Waals surface area contributed by atoms with Crippen molar-refractivity contribution in [2.75, 3.05) is 14.2 Å². The zero-order valence-electron chi connectivity index (χ0n) is 15.0. The summed E-state index contributed by atoms with van der Waals surface area (Å²) >= 11 is 0. The number of aromatic nitrogens is 2. The van der Waals surface area contributed by atoms with Crippen molar-refractivity contribution < 1.29 is 22.3 Å². The summed E-state index contributed by atoms with van der Waals surface area (Å²) in [6.07, 6.45) is 2.78. The fourth-order valence-electron chi connectivity index (χ4n) is 2.45. The monoisotopic (exact) mass is 404 g/mol. The van der Waals surface area contributed by atoms with Gasteiger partial charge in [-0.2, -0.15) is 23.4 Å². The van der Waals surface area contributed by atoms with Crippen LogP contribution in [0.4, 0.5) is 4.39 Å². The number of aromatic amines is 1. The second-order valence-electron chi connectivity index (χ2n) is 5.58. The van der Waals surface area contributed by atoms with Gasteiger partial charge in [-0.15, -0.1) is 0 Å². The first-order valence-electron chi connectivity index (χ1n) is 8.01. The van der Waals surface area contributed by atoms with Gasteiger partial charge in [0.15, 0.2) is 0 Å². The first-order chi connectivity index (χ1) is 13.4. The zero-order chi connectivity index (χ0) is 20.1. The van der Waals surface area contributed by atoms with Crippen LogP contribution in [0.1, 0.15) is 5.56 Å². The summed E-state index contributed by atoms with van der Waals surface area (Å²) in [5, 5.41) is 10.5. The molecule has 0 fully saturated rings. The number of methoxy groups -OCH3 is 2. The third-order valence-electron chi connectivity index (χ3n) is 3.84. The van der Waals surface area contributed by atoms with E-state index in [9.17, 15) is 12.8 Å². The van der Waals surface area contributed by atoms with Crippen molar-refractivity contribution in [3.05, 3.63) is 60.0 Å². The normalized spacial score (nSPS) is 11.5. The van der Waals surface area contributed by atoms with Gasteiger partial charge in [0.2, 0.25) is 0 Å². The van der Waals surface area contributed by atoms with Gasteiger partial charge in [-0.3, -0.25) is 5.10 Å². The lowest BCUT2D eigenvalue weighted by Gasteiger charge is -2.10. The van der Waals surface area contributed by atoms with Crippen LogP contribution >= 0.6 is 0 Å². The molecule has 0 radical (unpaired) electrons. The van der Waals surface area contributed by atoms with Gasteiger partial charge in [-0.25, -0.2) is 4.39 Å². The number of hydrazone groups is 1. The number of ether oxygens (including phenoxy) is 2. The molecule has 2 aromatic carbocycles. The molecule has 0 saturated carbocycles. The largest absolute Gasteiger partial charge is 0.497 e. The first kappa shape index (κ1) is 19.4. The van der Waals surface area contributed by atoms with E-state index in [2.05, 4.69) is 20.1 Å². The van der Waals surface area contributed by atoms with E-state index in [4.69, 9.17) is 9.47 Å². The van der Waals surface area contributed by atoms with E-state index in [1.165, 1.54) is 57.0 Å². The van der Waals surface area contributed by atoms with Gasteiger partial charge in [0.05, 0.1) is 32.3 Å². The smallest absolute Gasteiger partial charge is 0.280 e. The summed E-state index contributed by atoms with van der Waals surface area (Å²) in [5.41, 5.74) is 1.78. The minimum Gasteiger partial charge on any atom is -0.497 e. The Morgan fingerprint density at radius 1 is 1.14 bits per heavy atom. The number of H-pyrrole nitrogens is 1. The molecule has 0 spiro atoms. The standard InChI is InChI=1S/C18H17FN4O4S/c1-26-15-7-8-17(16(9-15)27-2)28(24,25)23-21-11-13-10-20-22-18(13)12-3-5-14(19)6-4-12/h3-11,23H,1-2H3,(H,20,22). The minimum atomic E-state index is -3.97. The average molecular weight is 404 g/mol. The molecule has 3 rings (SSSR count). The van der Waals surface area contributed by atoms with Crippen molar-refractivity contribution in [2.45, 2.75) is 4.90 Å². The topological polar surface area (TPSA) is 106 Å². The number of halogens is 1. The van der Waals surface area contributed by atoms with Crippen molar-refractivity contribution in [2.24, 2.45) is 5.10 Å². The van der Waals surface area contributed by atoms with Crippen molar-refractivity contribution in [3.63, 3.8) is 0 Å². The van der Waals surface area contributed by atoms with Crippen molar-refractivity contribution in [1.29, 1.82) is 0 Å². The van der Waals surface area contributed by atoms with Crippen LogP contribution < -0.4 is 14.3 Å². The Balaban J connectivity index is 1.82. The fraction of sp³-hybridized carbons (Fsp3) is 0.111. The summed E-state index contributed by atoms with van der Waals surface area (Å²) in [5.74, 6) is 0.221. The number of nitrogens with one attached hydrogen (secondary N) is 2. The molecule has 0 saturated heterocycles. The maximum Gasteiger partial charge on any atom is 0.280 e. The molecular weight excluding hydrogens is 387 g/mol. The summed E-state index contributed by atoms with van der Waals surface area (Å²) in [4.78, 5) is 2.05. The number of benzene rings is 2. The van der Waals surface area contributed by atoms with Crippen LogP contribution in [0.3, 0.4) is 0 Å². The van der Waals surface area contributed by atoms with E-state index in [1.54, 1.807) is 12.1 Å². The molecule has 1 heterocycles. The van der Waals surface area contributed by atoms with Gasteiger partial charge < -0.3 is 9.47 Å². The minimum absolute atomic E-state index is 0.0844. The highest BCUT2D eigenvalue weighted by molar-refractivity contribution is 7.89. The maximum atomic E-state index is 13.1. The summed E-state index contributed by atoms with van der Waals surface area (Å²) in [6.45, 7) is 0. The third-order valence-corrected chi connectivity index (χ3v) is 5.10. The molecular formula is C18H17FN4O4S. The second-order valence-corrected chi connectivity index (χ2v) is 7.21. The van der Waals surface area contributed by atoms with Crippen LogP contribution in [0, 0.1) is 5.82 Å². The highest BCUT2D eigenvalue weighted by Gasteiger charge is 2.19. The average Bonchev–Trinajstić information content (AvgIpc) is 3.16. The Morgan fingerprint density at radius 3 is 2.57 bits per heavy atom. The van der Waals surface area contributed by atoms with Gasteiger partial charge in [0, 0.05) is 17.2 Å². The molecule has 0 bridgehead atoms.